The highest BCUT2D eigenvalue weighted by Gasteiger charge is 2.13. The van der Waals surface area contributed by atoms with Gasteiger partial charge in [0.2, 0.25) is 0 Å². The first-order valence-electron chi connectivity index (χ1n) is 5.49. The van der Waals surface area contributed by atoms with E-state index in [1.807, 2.05) is 0 Å². The lowest BCUT2D eigenvalue weighted by atomic mass is 9.94. The zero-order valence-electron chi connectivity index (χ0n) is 8.35. The van der Waals surface area contributed by atoms with E-state index in [9.17, 15) is 4.79 Å². The third kappa shape index (κ3) is 4.41. The van der Waals surface area contributed by atoms with Crippen LogP contribution in [0.5, 0.6) is 0 Å². The van der Waals surface area contributed by atoms with Gasteiger partial charge in [-0.2, -0.15) is 0 Å². The molecule has 0 amide bonds. The molecule has 0 aliphatic heterocycles. The number of Topliss-reactive ketones (excluding diaryl/α,β-unsaturated/α-hetero) is 1. The lowest BCUT2D eigenvalue weighted by Crippen LogP contribution is -2.08. The van der Waals surface area contributed by atoms with E-state index in [1.54, 1.807) is 0 Å². The second kappa shape index (κ2) is 6.14. The van der Waals surface area contributed by atoms with Crippen molar-refractivity contribution in [2.75, 3.05) is 6.54 Å². The molecule has 0 aromatic heterocycles. The smallest absolute Gasteiger partial charge is 0.148 e. The molecule has 75 valence electrons. The molecule has 1 N–H and O–H groups in total. The molecule has 0 unspecified atom stereocenters. The van der Waals surface area contributed by atoms with E-state index < -0.39 is 0 Å². The maximum Gasteiger partial charge on any atom is 0.148 e. The van der Waals surface area contributed by atoms with Gasteiger partial charge in [-0.15, -0.1) is 0 Å². The van der Waals surface area contributed by atoms with Gasteiger partial charge < -0.3 is 0 Å². The number of hydrogen-bond donors (Lipinski definition) is 0. The van der Waals surface area contributed by atoms with Gasteiger partial charge in [-0.25, -0.2) is 0 Å². The summed E-state index contributed by atoms with van der Waals surface area (Å²) in [5.74, 6) is 0.891. The molecule has 1 fully saturated rings. The van der Waals surface area contributed by atoms with Crippen LogP contribution in [0, 0.1) is 5.92 Å². The molecule has 0 atom stereocenters. The van der Waals surface area contributed by atoms with Crippen LogP contribution in [0.4, 0.5) is 0 Å². The Labute approximate surface area is 80.9 Å². The van der Waals surface area contributed by atoms with Crippen LogP contribution in [0.25, 0.3) is 0 Å². The standard InChI is InChI=1S/C11H20NO/c12-9-11(13)8-7-10-5-3-1-2-4-6-10/h10,12H,1-9H2. The van der Waals surface area contributed by atoms with Crippen molar-refractivity contribution >= 4 is 5.78 Å². The summed E-state index contributed by atoms with van der Waals surface area (Å²) < 4.78 is 0. The molecule has 1 saturated carbocycles. The first kappa shape index (κ1) is 10.7. The summed E-state index contributed by atoms with van der Waals surface area (Å²) in [7, 11) is 0. The number of nitrogens with one attached hydrogen (secondary N) is 1. The van der Waals surface area contributed by atoms with Crippen molar-refractivity contribution in [2.24, 2.45) is 5.92 Å². The van der Waals surface area contributed by atoms with Gasteiger partial charge in [-0.3, -0.25) is 10.5 Å². The number of carbonyl (C=O) groups excluding carboxylic acids is 1. The van der Waals surface area contributed by atoms with Crippen LogP contribution < -0.4 is 5.73 Å². The van der Waals surface area contributed by atoms with E-state index in [1.165, 1.54) is 38.5 Å². The van der Waals surface area contributed by atoms with Crippen LogP contribution in [0.3, 0.4) is 0 Å². The van der Waals surface area contributed by atoms with E-state index in [2.05, 4.69) is 0 Å². The lowest BCUT2D eigenvalue weighted by molar-refractivity contribution is -0.118. The zero-order valence-corrected chi connectivity index (χ0v) is 8.35. The van der Waals surface area contributed by atoms with E-state index in [4.69, 9.17) is 5.73 Å². The van der Waals surface area contributed by atoms with Gasteiger partial charge >= 0.3 is 0 Å². The molecule has 0 heterocycles. The first-order valence-corrected chi connectivity index (χ1v) is 5.49. The van der Waals surface area contributed by atoms with Gasteiger partial charge in [-0.1, -0.05) is 38.5 Å². The van der Waals surface area contributed by atoms with Crippen molar-refractivity contribution in [3.8, 4) is 0 Å². The normalized spacial score (nSPS) is 19.8. The molecule has 1 rings (SSSR count). The van der Waals surface area contributed by atoms with Crippen LogP contribution in [0.15, 0.2) is 0 Å². The van der Waals surface area contributed by atoms with Crippen molar-refractivity contribution in [3.05, 3.63) is 0 Å². The third-order valence-electron chi connectivity index (χ3n) is 3.00. The summed E-state index contributed by atoms with van der Waals surface area (Å²) in [6.07, 6.45) is 9.76. The quantitative estimate of drug-likeness (QED) is 0.616. The van der Waals surface area contributed by atoms with Gasteiger partial charge in [-0.05, 0) is 12.3 Å². The average molecular weight is 182 g/mol. The van der Waals surface area contributed by atoms with Crippen LogP contribution >= 0.6 is 0 Å². The van der Waals surface area contributed by atoms with Crippen molar-refractivity contribution < 1.29 is 4.79 Å². The minimum atomic E-state index is -0.0211. The Balaban J connectivity index is 2.15. The molecule has 1 aliphatic carbocycles. The Hall–Kier alpha value is -0.370. The van der Waals surface area contributed by atoms with Crippen LogP contribution in [-0.2, 0) is 4.79 Å². The van der Waals surface area contributed by atoms with Crippen molar-refractivity contribution in [2.45, 2.75) is 51.4 Å². The maximum atomic E-state index is 11.0. The molecule has 1 aliphatic rings. The van der Waals surface area contributed by atoms with Crippen molar-refractivity contribution in [1.82, 2.24) is 5.73 Å². The summed E-state index contributed by atoms with van der Waals surface area (Å²) in [6.45, 7) is -0.0211. The molecule has 0 spiro atoms. The molecular weight excluding hydrogens is 162 g/mol. The van der Waals surface area contributed by atoms with Gasteiger partial charge in [0.1, 0.15) is 5.78 Å². The lowest BCUT2D eigenvalue weighted by Gasteiger charge is -2.12. The molecule has 1 radical (unpaired) electrons. The molecule has 2 heteroatoms. The van der Waals surface area contributed by atoms with Crippen LogP contribution in [-0.4, -0.2) is 12.3 Å². The molecule has 13 heavy (non-hydrogen) atoms. The number of ketones is 1. The Kier molecular flexibility index (Phi) is 5.06. The third-order valence-corrected chi connectivity index (χ3v) is 3.00. The second-order valence-electron chi connectivity index (χ2n) is 4.11. The predicted molar refractivity (Wildman–Crippen MR) is 53.4 cm³/mol. The molecular formula is C11H20NO. The Morgan fingerprint density at radius 1 is 1.15 bits per heavy atom. The summed E-state index contributed by atoms with van der Waals surface area (Å²) in [4.78, 5) is 11.0. The van der Waals surface area contributed by atoms with Crippen LogP contribution in [0.2, 0.25) is 0 Å². The van der Waals surface area contributed by atoms with E-state index >= 15 is 0 Å². The number of carbonyl (C=O) groups is 1. The summed E-state index contributed by atoms with van der Waals surface area (Å²) >= 11 is 0. The Bertz CT molecular complexity index is 148. The van der Waals surface area contributed by atoms with Gasteiger partial charge in [0.25, 0.3) is 0 Å². The average Bonchev–Trinajstić information content (AvgIpc) is 2.42. The summed E-state index contributed by atoms with van der Waals surface area (Å²) in [5, 5.41) is 0. The maximum absolute atomic E-state index is 11.0. The van der Waals surface area contributed by atoms with Crippen molar-refractivity contribution in [1.29, 1.82) is 0 Å². The monoisotopic (exact) mass is 182 g/mol. The fraction of sp³-hybridized carbons (Fsp3) is 0.909. The molecule has 0 saturated heterocycles. The first-order chi connectivity index (χ1) is 6.33. The van der Waals surface area contributed by atoms with Gasteiger partial charge in [0.05, 0.1) is 6.54 Å². The van der Waals surface area contributed by atoms with Crippen molar-refractivity contribution in [3.63, 3.8) is 0 Å². The number of hydrogen-bond acceptors (Lipinski definition) is 1. The van der Waals surface area contributed by atoms with Gasteiger partial charge in [0.15, 0.2) is 0 Å². The SMILES string of the molecule is [NH]CC(=O)CCC1CCCCCC1. The minimum absolute atomic E-state index is 0.0211. The van der Waals surface area contributed by atoms with Crippen LogP contribution in [0.1, 0.15) is 51.4 Å². The van der Waals surface area contributed by atoms with Gasteiger partial charge in [0, 0.05) is 6.42 Å². The fourth-order valence-corrected chi connectivity index (χ4v) is 2.11. The Morgan fingerprint density at radius 3 is 2.31 bits per heavy atom. The fourth-order valence-electron chi connectivity index (χ4n) is 2.11. The zero-order chi connectivity index (χ0) is 9.52. The molecule has 0 bridgehead atoms. The highest BCUT2D eigenvalue weighted by Crippen LogP contribution is 2.26. The van der Waals surface area contributed by atoms with E-state index in [0.29, 0.717) is 6.42 Å². The summed E-state index contributed by atoms with van der Waals surface area (Å²) in [5.41, 5.74) is 6.92. The molecule has 0 aromatic carbocycles. The molecule has 0 aromatic rings. The minimum Gasteiger partial charge on any atom is -0.298 e. The predicted octanol–water partition coefficient (Wildman–Crippen LogP) is 2.59. The highest BCUT2D eigenvalue weighted by molar-refractivity contribution is 5.79. The summed E-state index contributed by atoms with van der Waals surface area (Å²) in [6, 6.07) is 0. The number of rotatable bonds is 4. The second-order valence-corrected chi connectivity index (χ2v) is 4.11. The van der Waals surface area contributed by atoms with E-state index in [-0.39, 0.29) is 12.3 Å². The largest absolute Gasteiger partial charge is 0.298 e. The molecule has 2 nitrogen and oxygen atoms in total. The Morgan fingerprint density at radius 2 is 1.77 bits per heavy atom. The highest BCUT2D eigenvalue weighted by atomic mass is 16.1. The topological polar surface area (TPSA) is 40.9 Å². The van der Waals surface area contributed by atoms with E-state index in [0.717, 1.165) is 12.3 Å².